The number of carbonyl (C=O) groups excluding carboxylic acids is 1. The first-order chi connectivity index (χ1) is 11.0. The summed E-state index contributed by atoms with van der Waals surface area (Å²) in [5.74, 6) is 0.210. The van der Waals surface area contributed by atoms with Gasteiger partial charge in [-0.2, -0.15) is 5.26 Å². The van der Waals surface area contributed by atoms with E-state index in [1.165, 1.54) is 17.3 Å². The molecule has 0 aliphatic carbocycles. The van der Waals surface area contributed by atoms with E-state index in [4.69, 9.17) is 5.26 Å². The molecular weight excluding hydrogens is 310 g/mol. The minimum absolute atomic E-state index is 0.0449. The van der Waals surface area contributed by atoms with Crippen molar-refractivity contribution in [1.29, 1.82) is 5.26 Å². The SMILES string of the molecule is Cc1ccc(N(CCC#N)C(=O)CSc2nncn2C)cc1C. The molecule has 1 amide bonds. The van der Waals surface area contributed by atoms with E-state index in [0.29, 0.717) is 18.1 Å². The van der Waals surface area contributed by atoms with Gasteiger partial charge >= 0.3 is 0 Å². The molecule has 0 spiro atoms. The van der Waals surface area contributed by atoms with Gasteiger partial charge in [0, 0.05) is 19.3 Å². The van der Waals surface area contributed by atoms with Gasteiger partial charge < -0.3 is 9.47 Å². The van der Waals surface area contributed by atoms with Gasteiger partial charge in [0.2, 0.25) is 5.91 Å². The monoisotopic (exact) mass is 329 g/mol. The van der Waals surface area contributed by atoms with Crippen LogP contribution >= 0.6 is 11.8 Å². The molecule has 0 unspecified atom stereocenters. The van der Waals surface area contributed by atoms with E-state index in [9.17, 15) is 4.79 Å². The molecule has 0 bridgehead atoms. The van der Waals surface area contributed by atoms with E-state index in [-0.39, 0.29) is 11.7 Å². The van der Waals surface area contributed by atoms with Crippen LogP contribution in [0, 0.1) is 25.2 Å². The van der Waals surface area contributed by atoms with Crippen molar-refractivity contribution in [2.24, 2.45) is 7.05 Å². The summed E-state index contributed by atoms with van der Waals surface area (Å²) in [6.45, 7) is 4.43. The number of amides is 1. The van der Waals surface area contributed by atoms with Crippen molar-refractivity contribution < 1.29 is 4.79 Å². The van der Waals surface area contributed by atoms with E-state index in [1.807, 2.05) is 39.1 Å². The number of rotatable bonds is 6. The fourth-order valence-corrected chi connectivity index (χ4v) is 2.82. The van der Waals surface area contributed by atoms with Gasteiger partial charge in [-0.15, -0.1) is 10.2 Å². The van der Waals surface area contributed by atoms with E-state index >= 15 is 0 Å². The van der Waals surface area contributed by atoms with E-state index in [1.54, 1.807) is 15.8 Å². The summed E-state index contributed by atoms with van der Waals surface area (Å²) in [7, 11) is 1.84. The van der Waals surface area contributed by atoms with E-state index in [2.05, 4.69) is 16.3 Å². The Morgan fingerprint density at radius 2 is 2.17 bits per heavy atom. The summed E-state index contributed by atoms with van der Waals surface area (Å²) in [6, 6.07) is 8.00. The highest BCUT2D eigenvalue weighted by atomic mass is 32.2. The van der Waals surface area contributed by atoms with Crippen LogP contribution in [0.2, 0.25) is 0 Å². The Balaban J connectivity index is 2.13. The van der Waals surface area contributed by atoms with Crippen LogP contribution in [0.4, 0.5) is 5.69 Å². The van der Waals surface area contributed by atoms with Gasteiger partial charge in [-0.05, 0) is 37.1 Å². The minimum Gasteiger partial charge on any atom is -0.312 e. The molecule has 1 aromatic carbocycles. The van der Waals surface area contributed by atoms with Gasteiger partial charge in [0.25, 0.3) is 0 Å². The van der Waals surface area contributed by atoms with Crippen molar-refractivity contribution in [3.05, 3.63) is 35.7 Å². The van der Waals surface area contributed by atoms with Crippen LogP contribution in [0.25, 0.3) is 0 Å². The standard InChI is InChI=1S/C16H19N5OS/c1-12-5-6-14(9-13(12)2)21(8-4-7-17)15(22)10-23-16-19-18-11-20(16)3/h5-6,9,11H,4,8,10H2,1-3H3. The summed E-state index contributed by atoms with van der Waals surface area (Å²) < 4.78 is 1.77. The van der Waals surface area contributed by atoms with Crippen LogP contribution in [0.3, 0.4) is 0 Å². The lowest BCUT2D eigenvalue weighted by Gasteiger charge is -2.22. The van der Waals surface area contributed by atoms with Crippen LogP contribution in [0.1, 0.15) is 17.5 Å². The third-order valence-electron chi connectivity index (χ3n) is 3.55. The first-order valence-corrected chi connectivity index (χ1v) is 8.23. The molecule has 0 radical (unpaired) electrons. The van der Waals surface area contributed by atoms with E-state index < -0.39 is 0 Å². The zero-order valence-electron chi connectivity index (χ0n) is 13.5. The molecule has 6 nitrogen and oxygen atoms in total. The lowest BCUT2D eigenvalue weighted by atomic mass is 10.1. The highest BCUT2D eigenvalue weighted by molar-refractivity contribution is 7.99. The van der Waals surface area contributed by atoms with Crippen molar-refractivity contribution in [2.45, 2.75) is 25.4 Å². The highest BCUT2D eigenvalue weighted by Crippen LogP contribution is 2.21. The Labute approximate surface area is 140 Å². The largest absolute Gasteiger partial charge is 0.312 e. The Morgan fingerprint density at radius 3 is 2.78 bits per heavy atom. The summed E-state index contributed by atoms with van der Waals surface area (Å²) in [6.07, 6.45) is 1.90. The minimum atomic E-state index is -0.0449. The van der Waals surface area contributed by atoms with Crippen LogP contribution in [0.5, 0.6) is 0 Å². The average molecular weight is 329 g/mol. The maximum atomic E-state index is 12.6. The number of aromatic nitrogens is 3. The zero-order valence-corrected chi connectivity index (χ0v) is 14.3. The first-order valence-electron chi connectivity index (χ1n) is 7.24. The van der Waals surface area contributed by atoms with Crippen LogP contribution in [-0.2, 0) is 11.8 Å². The Bertz CT molecular complexity index is 734. The number of nitriles is 1. The number of anilines is 1. The molecule has 0 aliphatic rings. The summed E-state index contributed by atoms with van der Waals surface area (Å²) in [4.78, 5) is 14.3. The summed E-state index contributed by atoms with van der Waals surface area (Å²) >= 11 is 1.34. The Morgan fingerprint density at radius 1 is 1.39 bits per heavy atom. The normalized spacial score (nSPS) is 10.3. The molecule has 0 N–H and O–H groups in total. The molecule has 120 valence electrons. The predicted molar refractivity (Wildman–Crippen MR) is 90.2 cm³/mol. The molecule has 1 aromatic heterocycles. The summed E-state index contributed by atoms with van der Waals surface area (Å²) in [5, 5.41) is 17.3. The van der Waals surface area contributed by atoms with Gasteiger partial charge in [0.05, 0.1) is 18.2 Å². The van der Waals surface area contributed by atoms with Gasteiger partial charge in [-0.25, -0.2) is 0 Å². The molecule has 0 aliphatic heterocycles. The molecule has 23 heavy (non-hydrogen) atoms. The average Bonchev–Trinajstić information content (AvgIpc) is 2.94. The number of hydrogen-bond donors (Lipinski definition) is 0. The van der Waals surface area contributed by atoms with Gasteiger partial charge in [0.15, 0.2) is 5.16 Å². The lowest BCUT2D eigenvalue weighted by Crippen LogP contribution is -2.33. The molecule has 7 heteroatoms. The molecule has 0 fully saturated rings. The number of carbonyl (C=O) groups is 1. The topological polar surface area (TPSA) is 74.8 Å². The molecule has 2 rings (SSSR count). The van der Waals surface area contributed by atoms with Crippen LogP contribution in [0.15, 0.2) is 29.7 Å². The maximum Gasteiger partial charge on any atom is 0.237 e. The molecular formula is C16H19N5OS. The number of thioether (sulfide) groups is 1. The van der Waals surface area contributed by atoms with Gasteiger partial charge in [-0.1, -0.05) is 17.8 Å². The highest BCUT2D eigenvalue weighted by Gasteiger charge is 2.17. The second-order valence-corrected chi connectivity index (χ2v) is 6.18. The van der Waals surface area contributed by atoms with Gasteiger partial charge in [-0.3, -0.25) is 4.79 Å². The van der Waals surface area contributed by atoms with Crippen molar-refractivity contribution >= 4 is 23.4 Å². The van der Waals surface area contributed by atoms with Crippen molar-refractivity contribution in [3.63, 3.8) is 0 Å². The quantitative estimate of drug-likeness (QED) is 0.761. The Kier molecular flexibility index (Phi) is 5.77. The lowest BCUT2D eigenvalue weighted by molar-refractivity contribution is -0.116. The summed E-state index contributed by atoms with van der Waals surface area (Å²) in [5.41, 5.74) is 3.13. The smallest absolute Gasteiger partial charge is 0.237 e. The number of hydrogen-bond acceptors (Lipinski definition) is 5. The zero-order chi connectivity index (χ0) is 16.8. The van der Waals surface area contributed by atoms with Gasteiger partial charge in [0.1, 0.15) is 6.33 Å². The molecule has 0 saturated heterocycles. The molecule has 2 aromatic rings. The molecule has 0 saturated carbocycles. The fraction of sp³-hybridized carbons (Fsp3) is 0.375. The van der Waals surface area contributed by atoms with Crippen molar-refractivity contribution in [2.75, 3.05) is 17.2 Å². The number of nitrogens with zero attached hydrogens (tertiary/aromatic N) is 5. The number of benzene rings is 1. The van der Waals surface area contributed by atoms with Crippen LogP contribution in [-0.4, -0.2) is 33.0 Å². The second-order valence-electron chi connectivity index (χ2n) is 5.24. The third kappa shape index (κ3) is 4.33. The Hall–Kier alpha value is -2.33. The van der Waals surface area contributed by atoms with Crippen molar-refractivity contribution in [3.8, 4) is 6.07 Å². The maximum absolute atomic E-state index is 12.6. The van der Waals surface area contributed by atoms with Crippen molar-refractivity contribution in [1.82, 2.24) is 14.8 Å². The third-order valence-corrected chi connectivity index (χ3v) is 4.56. The van der Waals surface area contributed by atoms with E-state index in [0.717, 1.165) is 11.3 Å². The number of aryl methyl sites for hydroxylation is 3. The fourth-order valence-electron chi connectivity index (χ4n) is 2.06. The first kappa shape index (κ1) is 17.0. The predicted octanol–water partition coefficient (Wildman–Crippen LogP) is 2.47. The second kappa shape index (κ2) is 7.79. The van der Waals surface area contributed by atoms with Crippen LogP contribution < -0.4 is 4.90 Å². The molecule has 0 atom stereocenters. The molecule has 1 heterocycles.